The van der Waals surface area contributed by atoms with Crippen LogP contribution in [0.15, 0.2) is 199 Å². The normalized spacial score (nSPS) is 11.6. The quantitative estimate of drug-likeness (QED) is 0.172. The fourth-order valence-corrected chi connectivity index (χ4v) is 8.07. The molecule has 0 spiro atoms. The van der Waals surface area contributed by atoms with Gasteiger partial charge in [-0.15, -0.1) is 0 Å². The van der Waals surface area contributed by atoms with E-state index in [2.05, 4.69) is 132 Å². The number of fused-ring (bicyclic) bond motifs is 7. The van der Waals surface area contributed by atoms with Gasteiger partial charge in [0.05, 0.1) is 11.0 Å². The lowest BCUT2D eigenvalue weighted by Gasteiger charge is -2.14. The minimum absolute atomic E-state index is 0.607. The van der Waals surface area contributed by atoms with Crippen molar-refractivity contribution in [3.63, 3.8) is 0 Å². The average molecular weight is 717 g/mol. The number of aromatic nitrogens is 4. The molecule has 0 aliphatic rings. The summed E-state index contributed by atoms with van der Waals surface area (Å²) in [6.45, 7) is 0. The fraction of sp³-hybridized carbons (Fsp3) is 0. The van der Waals surface area contributed by atoms with Crippen LogP contribution < -0.4 is 0 Å². The Labute approximate surface area is 322 Å². The lowest BCUT2D eigenvalue weighted by Crippen LogP contribution is -2.01. The zero-order valence-electron chi connectivity index (χ0n) is 30.2. The van der Waals surface area contributed by atoms with Gasteiger partial charge in [0.25, 0.3) is 0 Å². The van der Waals surface area contributed by atoms with E-state index < -0.39 is 0 Å². The van der Waals surface area contributed by atoms with E-state index in [1.165, 1.54) is 10.8 Å². The summed E-state index contributed by atoms with van der Waals surface area (Å²) in [5.41, 5.74) is 12.2. The van der Waals surface area contributed by atoms with Crippen LogP contribution in [0.2, 0.25) is 0 Å². The molecule has 0 unspecified atom stereocenters. The van der Waals surface area contributed by atoms with Crippen LogP contribution in [-0.4, -0.2) is 19.5 Å². The first-order valence-electron chi connectivity index (χ1n) is 18.8. The second kappa shape index (κ2) is 13.0. The molecule has 11 aromatic rings. The van der Waals surface area contributed by atoms with Gasteiger partial charge in [0, 0.05) is 43.9 Å². The highest BCUT2D eigenvalue weighted by Gasteiger charge is 2.21. The lowest BCUT2D eigenvalue weighted by atomic mass is 9.93. The number of nitrogens with zero attached hydrogens (tertiary/aromatic N) is 4. The van der Waals surface area contributed by atoms with Gasteiger partial charge in [-0.2, -0.15) is 0 Å². The molecule has 5 nitrogen and oxygen atoms in total. The van der Waals surface area contributed by atoms with Crippen molar-refractivity contribution >= 4 is 43.7 Å². The van der Waals surface area contributed by atoms with Crippen molar-refractivity contribution in [3.8, 4) is 62.1 Å². The van der Waals surface area contributed by atoms with Crippen molar-refractivity contribution in [2.24, 2.45) is 0 Å². The molecule has 56 heavy (non-hydrogen) atoms. The standard InChI is InChI=1S/C51H32N4O/c1-5-15-33(16-6-1)36-25-27-39(41(31-36)51-53-49(34-17-7-2-8-18-34)52-50(54-51)35-19-9-3-10-20-35)37-26-29-45-42(32-37)48-46(56-45)30-28-44-47(48)40-23-13-14-24-43(40)55(44)38-21-11-4-12-22-38/h1-32H. The minimum Gasteiger partial charge on any atom is -0.456 e. The molecular weight excluding hydrogens is 685 g/mol. The Morgan fingerprint density at radius 1 is 0.339 bits per heavy atom. The van der Waals surface area contributed by atoms with E-state index in [-0.39, 0.29) is 0 Å². The third-order valence-corrected chi connectivity index (χ3v) is 10.7. The van der Waals surface area contributed by atoms with Gasteiger partial charge in [-0.3, -0.25) is 0 Å². The maximum atomic E-state index is 6.59. The number of furan rings is 1. The molecular formula is C51H32N4O. The van der Waals surface area contributed by atoms with Crippen LogP contribution >= 0.6 is 0 Å². The minimum atomic E-state index is 0.607. The first-order chi connectivity index (χ1) is 27.8. The SMILES string of the molecule is c1ccc(-c2ccc(-c3ccc4oc5ccc6c(c7ccccc7n6-c6ccccc6)c5c4c3)c(-c3nc(-c4ccccc4)nc(-c4ccccc4)n3)c2)cc1. The molecule has 0 N–H and O–H groups in total. The summed E-state index contributed by atoms with van der Waals surface area (Å²) in [6.07, 6.45) is 0. The summed E-state index contributed by atoms with van der Waals surface area (Å²) in [6, 6.07) is 67.3. The summed E-state index contributed by atoms with van der Waals surface area (Å²) in [5.74, 6) is 1.86. The van der Waals surface area contributed by atoms with Gasteiger partial charge in [0.15, 0.2) is 17.5 Å². The summed E-state index contributed by atoms with van der Waals surface area (Å²) in [4.78, 5) is 15.4. The molecule has 0 fully saturated rings. The highest BCUT2D eigenvalue weighted by molar-refractivity contribution is 6.27. The molecule has 0 radical (unpaired) electrons. The van der Waals surface area contributed by atoms with Gasteiger partial charge in [-0.25, -0.2) is 15.0 Å². The predicted octanol–water partition coefficient (Wildman–Crippen LogP) is 13.2. The second-order valence-electron chi connectivity index (χ2n) is 14.0. The number of hydrogen-bond donors (Lipinski definition) is 0. The third kappa shape index (κ3) is 5.29. The molecule has 0 saturated heterocycles. The van der Waals surface area contributed by atoms with Crippen molar-refractivity contribution in [3.05, 3.63) is 194 Å². The second-order valence-corrected chi connectivity index (χ2v) is 14.0. The Kier molecular flexibility index (Phi) is 7.42. The van der Waals surface area contributed by atoms with E-state index in [1.807, 2.05) is 66.7 Å². The van der Waals surface area contributed by atoms with E-state index >= 15 is 0 Å². The van der Waals surface area contributed by atoms with Crippen molar-refractivity contribution in [2.75, 3.05) is 0 Å². The van der Waals surface area contributed by atoms with E-state index in [0.717, 1.165) is 77.6 Å². The lowest BCUT2D eigenvalue weighted by molar-refractivity contribution is 0.669. The smallest absolute Gasteiger partial charge is 0.164 e. The molecule has 0 atom stereocenters. The van der Waals surface area contributed by atoms with Crippen LogP contribution in [0.4, 0.5) is 0 Å². The summed E-state index contributed by atoms with van der Waals surface area (Å²) in [5, 5.41) is 4.52. The third-order valence-electron chi connectivity index (χ3n) is 10.7. The fourth-order valence-electron chi connectivity index (χ4n) is 8.07. The average Bonchev–Trinajstić information content (AvgIpc) is 3.82. The Bertz CT molecular complexity index is 3170. The zero-order chi connectivity index (χ0) is 37.0. The van der Waals surface area contributed by atoms with Crippen LogP contribution in [0, 0.1) is 0 Å². The Hall–Kier alpha value is -7.63. The highest BCUT2D eigenvalue weighted by Crippen LogP contribution is 2.43. The monoisotopic (exact) mass is 716 g/mol. The molecule has 8 aromatic carbocycles. The Morgan fingerprint density at radius 2 is 0.911 bits per heavy atom. The van der Waals surface area contributed by atoms with Crippen molar-refractivity contribution in [1.82, 2.24) is 19.5 Å². The number of rotatable bonds is 6. The number of para-hydroxylation sites is 2. The molecule has 3 heterocycles. The van der Waals surface area contributed by atoms with E-state index in [0.29, 0.717) is 17.5 Å². The van der Waals surface area contributed by atoms with Crippen molar-refractivity contribution < 1.29 is 4.42 Å². The molecule has 0 bridgehead atoms. The summed E-state index contributed by atoms with van der Waals surface area (Å²) < 4.78 is 8.94. The van der Waals surface area contributed by atoms with Crippen LogP contribution in [0.5, 0.6) is 0 Å². The van der Waals surface area contributed by atoms with Gasteiger partial charge in [0.2, 0.25) is 0 Å². The van der Waals surface area contributed by atoms with Gasteiger partial charge >= 0.3 is 0 Å². The summed E-state index contributed by atoms with van der Waals surface area (Å²) in [7, 11) is 0. The number of hydrogen-bond acceptors (Lipinski definition) is 4. The predicted molar refractivity (Wildman–Crippen MR) is 229 cm³/mol. The van der Waals surface area contributed by atoms with Gasteiger partial charge in [-0.1, -0.05) is 146 Å². The van der Waals surface area contributed by atoms with Crippen LogP contribution in [0.3, 0.4) is 0 Å². The molecule has 0 aliphatic heterocycles. The van der Waals surface area contributed by atoms with Crippen molar-refractivity contribution in [2.45, 2.75) is 0 Å². The van der Waals surface area contributed by atoms with Crippen LogP contribution in [0.1, 0.15) is 0 Å². The maximum Gasteiger partial charge on any atom is 0.164 e. The molecule has 3 aromatic heterocycles. The molecule has 0 aliphatic carbocycles. The topological polar surface area (TPSA) is 56.7 Å². The first kappa shape index (κ1) is 31.9. The van der Waals surface area contributed by atoms with Gasteiger partial charge in [-0.05, 0) is 70.8 Å². The Balaban J connectivity index is 1.18. The largest absolute Gasteiger partial charge is 0.456 e. The molecule has 0 saturated carbocycles. The summed E-state index contributed by atoms with van der Waals surface area (Å²) >= 11 is 0. The van der Waals surface area contributed by atoms with E-state index in [9.17, 15) is 0 Å². The van der Waals surface area contributed by atoms with Crippen LogP contribution in [-0.2, 0) is 0 Å². The molecule has 0 amide bonds. The number of benzene rings is 8. The Morgan fingerprint density at radius 3 is 1.61 bits per heavy atom. The van der Waals surface area contributed by atoms with E-state index in [4.69, 9.17) is 19.4 Å². The van der Waals surface area contributed by atoms with Gasteiger partial charge in [0.1, 0.15) is 11.2 Å². The van der Waals surface area contributed by atoms with Gasteiger partial charge < -0.3 is 8.98 Å². The molecule has 262 valence electrons. The van der Waals surface area contributed by atoms with E-state index in [1.54, 1.807) is 0 Å². The van der Waals surface area contributed by atoms with Crippen LogP contribution in [0.25, 0.3) is 106 Å². The highest BCUT2D eigenvalue weighted by atomic mass is 16.3. The first-order valence-corrected chi connectivity index (χ1v) is 18.8. The maximum absolute atomic E-state index is 6.59. The van der Waals surface area contributed by atoms with Crippen molar-refractivity contribution in [1.29, 1.82) is 0 Å². The zero-order valence-corrected chi connectivity index (χ0v) is 30.2. The molecule has 11 rings (SSSR count). The molecule has 5 heteroatoms.